The van der Waals surface area contributed by atoms with Crippen molar-refractivity contribution in [2.75, 3.05) is 6.54 Å². The molecule has 1 rings (SSSR count). The van der Waals surface area contributed by atoms with Crippen molar-refractivity contribution in [1.82, 2.24) is 0 Å². The molecule has 4 nitrogen and oxygen atoms in total. The van der Waals surface area contributed by atoms with E-state index in [1.54, 1.807) is 0 Å². The fraction of sp³-hybridized carbons (Fsp3) is 1.00. The Hall–Kier alpha value is -0.130. The first-order valence-corrected chi connectivity index (χ1v) is 4.22. The maximum atomic E-state index is 10.3. The summed E-state index contributed by atoms with van der Waals surface area (Å²) >= 11 is 0. The van der Waals surface area contributed by atoms with Crippen LogP contribution >= 0.6 is 0 Å². The molecular weight excluding hydrogens is 142 g/mol. The van der Waals surface area contributed by atoms with Gasteiger partial charge in [0.05, 0.1) is 5.25 Å². The summed E-state index contributed by atoms with van der Waals surface area (Å²) in [6.07, 6.45) is 0.523. The lowest BCUT2D eigenvalue weighted by molar-refractivity contribution is 0.479. The van der Waals surface area contributed by atoms with E-state index in [0.717, 1.165) is 0 Å². The molecule has 0 saturated heterocycles. The molecule has 0 bridgehead atoms. The molecule has 1 fully saturated rings. The Morgan fingerprint density at radius 2 is 2.22 bits per heavy atom. The van der Waals surface area contributed by atoms with Gasteiger partial charge < -0.3 is 5.73 Å². The highest BCUT2D eigenvalue weighted by Gasteiger charge is 2.45. The summed E-state index contributed by atoms with van der Waals surface area (Å²) in [5.41, 5.74) is 5.15. The maximum absolute atomic E-state index is 10.3. The number of nitrogens with two attached hydrogens (primary N) is 1. The third-order valence-corrected chi connectivity index (χ3v) is 2.89. The minimum absolute atomic E-state index is 0.000000000000000222. The van der Waals surface area contributed by atoms with Crippen LogP contribution in [0, 0.1) is 5.92 Å². The van der Waals surface area contributed by atoms with Crippen LogP contribution in [0.2, 0.25) is 0 Å². The highest BCUT2D eigenvalue weighted by molar-refractivity contribution is 7.86. The quantitative estimate of drug-likeness (QED) is 0.507. The van der Waals surface area contributed by atoms with E-state index >= 15 is 0 Å². The van der Waals surface area contributed by atoms with Gasteiger partial charge in [0.2, 0.25) is 0 Å². The van der Waals surface area contributed by atoms with Crippen molar-refractivity contribution in [3.63, 3.8) is 0 Å². The highest BCUT2D eigenvalue weighted by atomic mass is 32.2. The molecule has 1 saturated carbocycles. The fourth-order valence-corrected chi connectivity index (χ4v) is 1.92. The van der Waals surface area contributed by atoms with Crippen LogP contribution in [0.3, 0.4) is 0 Å². The van der Waals surface area contributed by atoms with Crippen molar-refractivity contribution >= 4 is 10.1 Å². The predicted octanol–water partition coefficient (Wildman–Crippen LogP) is -0.779. The zero-order valence-corrected chi connectivity index (χ0v) is 5.63. The fourth-order valence-electron chi connectivity index (χ4n) is 0.833. The Morgan fingerprint density at radius 3 is 2.33 bits per heavy atom. The second-order valence-corrected chi connectivity index (χ2v) is 3.92. The van der Waals surface area contributed by atoms with Gasteiger partial charge in [0, 0.05) is 0 Å². The Morgan fingerprint density at radius 1 is 1.67 bits per heavy atom. The lowest BCUT2D eigenvalue weighted by Crippen LogP contribution is -2.11. The zero-order chi connectivity index (χ0) is 7.07. The van der Waals surface area contributed by atoms with Gasteiger partial charge in [0.25, 0.3) is 10.1 Å². The molecule has 2 atom stereocenters. The smallest absolute Gasteiger partial charge is 0.268 e. The maximum Gasteiger partial charge on any atom is 0.268 e. The van der Waals surface area contributed by atoms with Crippen LogP contribution in [0.1, 0.15) is 6.42 Å². The molecule has 54 valence electrons. The van der Waals surface area contributed by atoms with E-state index in [-0.39, 0.29) is 5.92 Å². The lowest BCUT2D eigenvalue weighted by atomic mass is 10.4. The molecule has 1 aliphatic rings. The van der Waals surface area contributed by atoms with E-state index in [0.29, 0.717) is 13.0 Å². The largest absolute Gasteiger partial charge is 0.330 e. The van der Waals surface area contributed by atoms with Gasteiger partial charge in [-0.1, -0.05) is 0 Å². The topological polar surface area (TPSA) is 80.4 Å². The summed E-state index contributed by atoms with van der Waals surface area (Å²) in [4.78, 5) is 0. The van der Waals surface area contributed by atoms with Gasteiger partial charge in [-0.25, -0.2) is 0 Å². The average molecular weight is 151 g/mol. The van der Waals surface area contributed by atoms with Crippen molar-refractivity contribution in [3.05, 3.63) is 0 Å². The monoisotopic (exact) mass is 151 g/mol. The molecule has 9 heavy (non-hydrogen) atoms. The van der Waals surface area contributed by atoms with Crippen LogP contribution in [0.15, 0.2) is 0 Å². The molecule has 3 N–H and O–H groups in total. The summed E-state index contributed by atoms with van der Waals surface area (Å²) in [6, 6.07) is 0. The molecular formula is C4H9NO3S. The van der Waals surface area contributed by atoms with Crippen molar-refractivity contribution in [2.45, 2.75) is 11.7 Å². The van der Waals surface area contributed by atoms with E-state index in [1.165, 1.54) is 0 Å². The van der Waals surface area contributed by atoms with E-state index in [9.17, 15) is 8.42 Å². The van der Waals surface area contributed by atoms with Gasteiger partial charge >= 0.3 is 0 Å². The second-order valence-electron chi connectivity index (χ2n) is 2.28. The van der Waals surface area contributed by atoms with Crippen molar-refractivity contribution in [1.29, 1.82) is 0 Å². The third-order valence-electron chi connectivity index (χ3n) is 1.54. The Kier molecular flexibility index (Phi) is 1.50. The molecule has 1 aliphatic carbocycles. The summed E-state index contributed by atoms with van der Waals surface area (Å²) in [7, 11) is -3.77. The number of rotatable bonds is 2. The van der Waals surface area contributed by atoms with Crippen LogP contribution < -0.4 is 5.73 Å². The molecule has 0 aromatic heterocycles. The summed E-state index contributed by atoms with van der Waals surface area (Å²) in [6.45, 7) is 0.352. The molecule has 0 amide bonds. The van der Waals surface area contributed by atoms with Crippen LogP contribution in [-0.2, 0) is 10.1 Å². The van der Waals surface area contributed by atoms with Gasteiger partial charge in [-0.3, -0.25) is 4.55 Å². The van der Waals surface area contributed by atoms with E-state index < -0.39 is 15.4 Å². The molecule has 0 aromatic rings. The van der Waals surface area contributed by atoms with Crippen LogP contribution in [0.25, 0.3) is 0 Å². The molecule has 5 heteroatoms. The predicted molar refractivity (Wildman–Crippen MR) is 32.5 cm³/mol. The van der Waals surface area contributed by atoms with Gasteiger partial charge in [-0.15, -0.1) is 0 Å². The Bertz CT molecular complexity index is 198. The Labute approximate surface area is 53.8 Å². The first-order valence-electron chi connectivity index (χ1n) is 2.72. The summed E-state index contributed by atoms with van der Waals surface area (Å²) in [5.74, 6) is -0.000000000000000222. The minimum atomic E-state index is -3.77. The van der Waals surface area contributed by atoms with E-state index in [1.807, 2.05) is 0 Å². The van der Waals surface area contributed by atoms with Crippen LogP contribution in [0.5, 0.6) is 0 Å². The second kappa shape index (κ2) is 1.93. The Balaban J connectivity index is 2.53. The van der Waals surface area contributed by atoms with Crippen molar-refractivity contribution in [2.24, 2.45) is 11.7 Å². The van der Waals surface area contributed by atoms with Crippen LogP contribution in [-0.4, -0.2) is 24.8 Å². The molecule has 0 radical (unpaired) electrons. The normalized spacial score (nSPS) is 34.4. The molecule has 0 aromatic carbocycles. The van der Waals surface area contributed by atoms with Gasteiger partial charge in [-0.05, 0) is 18.9 Å². The first-order chi connectivity index (χ1) is 4.05. The SMILES string of the molecule is NC[C@H]1C[C@@H]1S(=O)(=O)O. The van der Waals surface area contributed by atoms with Gasteiger partial charge in [0.1, 0.15) is 0 Å². The first kappa shape index (κ1) is 6.98. The van der Waals surface area contributed by atoms with E-state index in [2.05, 4.69) is 0 Å². The summed E-state index contributed by atoms with van der Waals surface area (Å²) < 4.78 is 28.9. The van der Waals surface area contributed by atoms with Gasteiger partial charge in [-0.2, -0.15) is 8.42 Å². The van der Waals surface area contributed by atoms with Crippen molar-refractivity contribution in [3.8, 4) is 0 Å². The van der Waals surface area contributed by atoms with E-state index in [4.69, 9.17) is 10.3 Å². The molecule has 0 unspecified atom stereocenters. The number of hydrogen-bond donors (Lipinski definition) is 2. The molecule has 0 heterocycles. The standard InChI is InChI=1S/C4H9NO3S/c5-2-3-1-4(3)9(6,7)8/h3-4H,1-2,5H2,(H,6,7,8)/t3-,4+/m1/s1. The van der Waals surface area contributed by atoms with Crippen LogP contribution in [0.4, 0.5) is 0 Å². The highest BCUT2D eigenvalue weighted by Crippen LogP contribution is 2.35. The minimum Gasteiger partial charge on any atom is -0.330 e. The lowest BCUT2D eigenvalue weighted by Gasteiger charge is -1.89. The number of hydrogen-bond acceptors (Lipinski definition) is 3. The third kappa shape index (κ3) is 1.41. The zero-order valence-electron chi connectivity index (χ0n) is 4.82. The average Bonchev–Trinajstić information content (AvgIpc) is 2.39. The van der Waals surface area contributed by atoms with Gasteiger partial charge in [0.15, 0.2) is 0 Å². The van der Waals surface area contributed by atoms with Crippen molar-refractivity contribution < 1.29 is 13.0 Å². The molecule has 0 aliphatic heterocycles. The summed E-state index contributed by atoms with van der Waals surface area (Å²) in [5, 5.41) is -0.567. The molecule has 0 spiro atoms.